The highest BCUT2D eigenvalue weighted by atomic mass is 16.6. The summed E-state index contributed by atoms with van der Waals surface area (Å²) >= 11 is 0. The van der Waals surface area contributed by atoms with Gasteiger partial charge in [0.1, 0.15) is 0 Å². The highest BCUT2D eigenvalue weighted by Crippen LogP contribution is 2.26. The second kappa shape index (κ2) is 1.54. The molecular weight excluding hydrogens is 124 g/mol. The van der Waals surface area contributed by atoms with Crippen molar-refractivity contribution in [2.75, 3.05) is 6.61 Å². The molecule has 9 heavy (non-hydrogen) atoms. The number of carbonyl (C=O) groups is 2. The van der Waals surface area contributed by atoms with Gasteiger partial charge >= 0.3 is 5.97 Å². The first kappa shape index (κ1) is 6.22. The van der Waals surface area contributed by atoms with Crippen molar-refractivity contribution >= 4 is 11.8 Å². The first-order chi connectivity index (χ1) is 4.06. The zero-order valence-corrected chi connectivity index (χ0v) is 4.88. The van der Waals surface area contributed by atoms with Crippen LogP contribution in [0.1, 0.15) is 6.92 Å². The Hall–Kier alpha value is -0.900. The molecule has 1 heterocycles. The van der Waals surface area contributed by atoms with Gasteiger partial charge in [-0.1, -0.05) is 0 Å². The number of carboxylic acids is 1. The number of hydrogen-bond donors (Lipinski definition) is 1. The minimum atomic E-state index is -1.42. The molecule has 4 nitrogen and oxygen atoms in total. The van der Waals surface area contributed by atoms with Crippen molar-refractivity contribution in [2.24, 2.45) is 0 Å². The Bertz CT molecular complexity index is 168. The third-order valence-electron chi connectivity index (χ3n) is 1.25. The summed E-state index contributed by atoms with van der Waals surface area (Å²) in [5.74, 6) is -2.28. The average molecular weight is 130 g/mol. The smallest absolute Gasteiger partial charge is 0.375 e. The molecule has 0 bridgehead atoms. The molecule has 0 saturated carbocycles. The predicted octanol–water partition coefficient (Wildman–Crippen LogP) is -0.571. The Morgan fingerprint density at radius 1 is 1.67 bits per heavy atom. The van der Waals surface area contributed by atoms with Crippen molar-refractivity contribution < 1.29 is 19.4 Å². The van der Waals surface area contributed by atoms with Crippen LogP contribution in [0.25, 0.3) is 0 Å². The number of rotatable bonds is 2. The quantitative estimate of drug-likeness (QED) is 0.401. The maximum absolute atomic E-state index is 10.5. The van der Waals surface area contributed by atoms with E-state index in [1.54, 1.807) is 0 Å². The van der Waals surface area contributed by atoms with Gasteiger partial charge in [0.25, 0.3) is 5.78 Å². The summed E-state index contributed by atoms with van der Waals surface area (Å²) in [7, 11) is 0. The topological polar surface area (TPSA) is 66.9 Å². The lowest BCUT2D eigenvalue weighted by atomic mass is 10.1. The molecule has 0 amide bonds. The summed E-state index contributed by atoms with van der Waals surface area (Å²) in [5, 5.41) is 8.13. The molecule has 1 aliphatic rings. The van der Waals surface area contributed by atoms with Crippen LogP contribution in [0.2, 0.25) is 0 Å². The van der Waals surface area contributed by atoms with Crippen LogP contribution in [0.5, 0.6) is 0 Å². The van der Waals surface area contributed by atoms with E-state index in [4.69, 9.17) is 5.11 Å². The highest BCUT2D eigenvalue weighted by molar-refractivity contribution is 6.36. The molecule has 0 aromatic rings. The van der Waals surface area contributed by atoms with Crippen LogP contribution in [0.15, 0.2) is 0 Å². The van der Waals surface area contributed by atoms with Crippen LogP contribution in [0.3, 0.4) is 0 Å². The lowest BCUT2D eigenvalue weighted by molar-refractivity contribution is -0.151. The monoisotopic (exact) mass is 130 g/mol. The van der Waals surface area contributed by atoms with Gasteiger partial charge in [-0.15, -0.1) is 0 Å². The van der Waals surface area contributed by atoms with Gasteiger partial charge in [0.2, 0.25) is 0 Å². The van der Waals surface area contributed by atoms with E-state index >= 15 is 0 Å². The van der Waals surface area contributed by atoms with Crippen molar-refractivity contribution in [2.45, 2.75) is 12.5 Å². The first-order valence-corrected chi connectivity index (χ1v) is 2.48. The highest BCUT2D eigenvalue weighted by Gasteiger charge is 2.50. The SMILES string of the molecule is CC1(C(=O)C(=O)O)CO1. The van der Waals surface area contributed by atoms with E-state index in [0.29, 0.717) is 0 Å². The largest absolute Gasteiger partial charge is 0.475 e. The van der Waals surface area contributed by atoms with Crippen molar-refractivity contribution in [3.05, 3.63) is 0 Å². The molecule has 0 spiro atoms. The predicted molar refractivity (Wildman–Crippen MR) is 27.0 cm³/mol. The van der Waals surface area contributed by atoms with Crippen molar-refractivity contribution in [1.29, 1.82) is 0 Å². The summed E-state index contributed by atoms with van der Waals surface area (Å²) in [6, 6.07) is 0. The van der Waals surface area contributed by atoms with E-state index in [2.05, 4.69) is 4.74 Å². The number of epoxide rings is 1. The number of aliphatic carboxylic acids is 1. The fourth-order valence-corrected chi connectivity index (χ4v) is 0.466. The molecule has 0 aliphatic carbocycles. The summed E-state index contributed by atoms with van der Waals surface area (Å²) in [4.78, 5) is 20.5. The minimum Gasteiger partial charge on any atom is -0.475 e. The molecule has 1 rings (SSSR count). The van der Waals surface area contributed by atoms with Gasteiger partial charge in [0, 0.05) is 0 Å². The molecule has 1 unspecified atom stereocenters. The molecule has 50 valence electrons. The zero-order valence-electron chi connectivity index (χ0n) is 4.88. The zero-order chi connectivity index (χ0) is 7.07. The Kier molecular flexibility index (Phi) is 1.06. The molecular formula is C5H6O4. The Balaban J connectivity index is 2.63. The van der Waals surface area contributed by atoms with Gasteiger partial charge in [-0.3, -0.25) is 4.79 Å². The van der Waals surface area contributed by atoms with Crippen LogP contribution in [-0.4, -0.2) is 29.1 Å². The maximum Gasteiger partial charge on any atom is 0.375 e. The molecule has 1 aliphatic heterocycles. The second-order valence-electron chi connectivity index (χ2n) is 2.15. The normalized spacial score (nSPS) is 31.7. The number of carbonyl (C=O) groups excluding carboxylic acids is 1. The van der Waals surface area contributed by atoms with Crippen LogP contribution < -0.4 is 0 Å². The summed E-state index contributed by atoms with van der Waals surface area (Å²) in [5.41, 5.74) is -1.01. The van der Waals surface area contributed by atoms with Gasteiger partial charge in [-0.25, -0.2) is 4.79 Å². The van der Waals surface area contributed by atoms with Crippen LogP contribution >= 0.6 is 0 Å². The number of carboxylic acid groups (broad SMARTS) is 1. The first-order valence-electron chi connectivity index (χ1n) is 2.48. The van der Waals surface area contributed by atoms with Gasteiger partial charge < -0.3 is 9.84 Å². The second-order valence-corrected chi connectivity index (χ2v) is 2.15. The third-order valence-corrected chi connectivity index (χ3v) is 1.25. The number of ether oxygens (including phenoxy) is 1. The number of Topliss-reactive ketones (excluding diaryl/α,β-unsaturated/α-hetero) is 1. The van der Waals surface area contributed by atoms with Gasteiger partial charge in [-0.2, -0.15) is 0 Å². The average Bonchev–Trinajstić information content (AvgIpc) is 2.47. The molecule has 0 radical (unpaired) electrons. The molecule has 4 heteroatoms. The minimum absolute atomic E-state index is 0.234. The fraction of sp³-hybridized carbons (Fsp3) is 0.600. The van der Waals surface area contributed by atoms with Crippen LogP contribution in [0, 0.1) is 0 Å². The lowest BCUT2D eigenvalue weighted by Gasteiger charge is -1.94. The van der Waals surface area contributed by atoms with Crippen LogP contribution in [0.4, 0.5) is 0 Å². The summed E-state index contributed by atoms with van der Waals surface area (Å²) < 4.78 is 4.59. The van der Waals surface area contributed by atoms with Gasteiger partial charge in [-0.05, 0) is 6.92 Å². The standard InChI is InChI=1S/C5H6O4/c1-5(2-9-5)3(6)4(7)8/h2H2,1H3,(H,7,8). The third kappa shape index (κ3) is 0.929. The molecule has 1 N–H and O–H groups in total. The van der Waals surface area contributed by atoms with Gasteiger partial charge in [0.15, 0.2) is 5.60 Å². The van der Waals surface area contributed by atoms with E-state index in [0.717, 1.165) is 0 Å². The Morgan fingerprint density at radius 3 is 2.22 bits per heavy atom. The molecule has 1 saturated heterocycles. The van der Waals surface area contributed by atoms with E-state index in [-0.39, 0.29) is 6.61 Å². The molecule has 1 atom stereocenters. The molecule has 0 aromatic carbocycles. The summed E-state index contributed by atoms with van der Waals surface area (Å²) in [6.07, 6.45) is 0. The van der Waals surface area contributed by atoms with Crippen molar-refractivity contribution in [3.63, 3.8) is 0 Å². The van der Waals surface area contributed by atoms with E-state index < -0.39 is 17.4 Å². The Morgan fingerprint density at radius 2 is 2.11 bits per heavy atom. The van der Waals surface area contributed by atoms with E-state index in [9.17, 15) is 9.59 Å². The van der Waals surface area contributed by atoms with Crippen LogP contribution in [-0.2, 0) is 14.3 Å². The lowest BCUT2D eigenvalue weighted by Crippen LogP contribution is -2.28. The summed E-state index contributed by atoms with van der Waals surface area (Å²) in [6.45, 7) is 1.70. The Labute approximate surface area is 51.4 Å². The van der Waals surface area contributed by atoms with E-state index in [1.165, 1.54) is 6.92 Å². The number of ketones is 1. The maximum atomic E-state index is 10.5. The molecule has 1 fully saturated rings. The van der Waals surface area contributed by atoms with E-state index in [1.807, 2.05) is 0 Å². The van der Waals surface area contributed by atoms with Gasteiger partial charge in [0.05, 0.1) is 6.61 Å². The fourth-order valence-electron chi connectivity index (χ4n) is 0.466. The van der Waals surface area contributed by atoms with Crippen molar-refractivity contribution in [1.82, 2.24) is 0 Å². The number of hydrogen-bond acceptors (Lipinski definition) is 3. The molecule has 0 aromatic heterocycles. The van der Waals surface area contributed by atoms with Crippen molar-refractivity contribution in [3.8, 4) is 0 Å².